The molecule has 108 valence electrons. The number of H-pyrrole nitrogens is 1. The molecule has 0 amide bonds. The van der Waals surface area contributed by atoms with Gasteiger partial charge in [0.15, 0.2) is 0 Å². The largest absolute Gasteiger partial charge is 0.378 e. The van der Waals surface area contributed by atoms with Gasteiger partial charge in [0.1, 0.15) is 10.5 Å². The van der Waals surface area contributed by atoms with Crippen LogP contribution in [0.5, 0.6) is 0 Å². The molecule has 0 aliphatic rings. The van der Waals surface area contributed by atoms with Gasteiger partial charge in [-0.05, 0) is 41.6 Å². The zero-order valence-corrected chi connectivity index (χ0v) is 13.8. The van der Waals surface area contributed by atoms with E-state index in [0.29, 0.717) is 17.1 Å². The Balaban J connectivity index is 1.85. The van der Waals surface area contributed by atoms with Gasteiger partial charge in [-0.1, -0.05) is 22.9 Å². The first-order valence-electron chi connectivity index (χ1n) is 6.66. The summed E-state index contributed by atoms with van der Waals surface area (Å²) >= 11 is 4.89. The van der Waals surface area contributed by atoms with Crippen LogP contribution >= 0.6 is 27.3 Å². The predicted octanol–water partition coefficient (Wildman–Crippen LogP) is 3.92. The Labute approximate surface area is 134 Å². The van der Waals surface area contributed by atoms with Crippen molar-refractivity contribution >= 4 is 43.2 Å². The van der Waals surface area contributed by atoms with Crippen LogP contribution in [-0.2, 0) is 13.0 Å². The van der Waals surface area contributed by atoms with Gasteiger partial charge < -0.3 is 10.3 Å². The number of aromatic amines is 1. The molecule has 2 N–H and O–H groups in total. The van der Waals surface area contributed by atoms with Crippen molar-refractivity contribution in [3.8, 4) is 0 Å². The third-order valence-electron chi connectivity index (χ3n) is 3.26. The summed E-state index contributed by atoms with van der Waals surface area (Å²) in [7, 11) is 0. The Morgan fingerprint density at radius 3 is 3.05 bits per heavy atom. The minimum Gasteiger partial charge on any atom is -0.378 e. The molecule has 21 heavy (non-hydrogen) atoms. The van der Waals surface area contributed by atoms with Gasteiger partial charge in [-0.2, -0.15) is 0 Å². The number of hydrogen-bond acceptors (Lipinski definition) is 4. The highest BCUT2D eigenvalue weighted by atomic mass is 79.9. The molecule has 3 rings (SSSR count). The van der Waals surface area contributed by atoms with Crippen LogP contribution in [-0.4, -0.2) is 9.97 Å². The number of aryl methyl sites for hydroxylation is 1. The molecule has 0 aliphatic carbocycles. The highest BCUT2D eigenvalue weighted by molar-refractivity contribution is 9.10. The van der Waals surface area contributed by atoms with Crippen molar-refractivity contribution in [1.82, 2.24) is 9.97 Å². The van der Waals surface area contributed by atoms with E-state index in [-0.39, 0.29) is 5.56 Å². The van der Waals surface area contributed by atoms with Gasteiger partial charge in [-0.25, -0.2) is 4.98 Å². The molecule has 1 aromatic carbocycles. The average Bonchev–Trinajstić information content (AvgIpc) is 2.94. The van der Waals surface area contributed by atoms with E-state index in [2.05, 4.69) is 44.2 Å². The summed E-state index contributed by atoms with van der Waals surface area (Å²) in [5.41, 5.74) is 2.97. The molecule has 6 heteroatoms. The van der Waals surface area contributed by atoms with Crippen molar-refractivity contribution in [2.75, 3.05) is 5.32 Å². The number of benzene rings is 1. The van der Waals surface area contributed by atoms with E-state index < -0.39 is 0 Å². The fourth-order valence-corrected chi connectivity index (χ4v) is 3.35. The van der Waals surface area contributed by atoms with E-state index in [9.17, 15) is 4.79 Å². The first-order chi connectivity index (χ1) is 10.2. The van der Waals surface area contributed by atoms with E-state index in [0.717, 1.165) is 22.1 Å². The first kappa shape index (κ1) is 14.3. The number of anilines is 1. The maximum absolute atomic E-state index is 11.9. The SMILES string of the molecule is CCc1cc(Br)ccc1NCc1nc2ccsc2c(=O)[nH]1. The molecule has 4 nitrogen and oxygen atoms in total. The Morgan fingerprint density at radius 1 is 1.38 bits per heavy atom. The van der Waals surface area contributed by atoms with E-state index in [1.807, 2.05) is 23.6 Å². The molecule has 2 aromatic heterocycles. The van der Waals surface area contributed by atoms with Gasteiger partial charge in [-0.3, -0.25) is 4.79 Å². The van der Waals surface area contributed by atoms with E-state index >= 15 is 0 Å². The molecule has 0 radical (unpaired) electrons. The van der Waals surface area contributed by atoms with E-state index in [1.165, 1.54) is 16.9 Å². The van der Waals surface area contributed by atoms with E-state index in [1.54, 1.807) is 0 Å². The van der Waals surface area contributed by atoms with Gasteiger partial charge >= 0.3 is 0 Å². The standard InChI is InChI=1S/C15H14BrN3OS/c1-2-9-7-10(16)3-4-11(9)17-8-13-18-12-5-6-21-14(12)15(20)19-13/h3-7,17H,2,8H2,1H3,(H,18,19,20). The van der Waals surface area contributed by atoms with Crippen molar-refractivity contribution in [1.29, 1.82) is 0 Å². The average molecular weight is 364 g/mol. The summed E-state index contributed by atoms with van der Waals surface area (Å²) < 4.78 is 1.74. The van der Waals surface area contributed by atoms with Crippen LogP contribution in [0.4, 0.5) is 5.69 Å². The number of nitrogens with one attached hydrogen (secondary N) is 2. The number of hydrogen-bond donors (Lipinski definition) is 2. The quantitative estimate of drug-likeness (QED) is 0.738. The van der Waals surface area contributed by atoms with Crippen molar-refractivity contribution < 1.29 is 0 Å². The van der Waals surface area contributed by atoms with Crippen LogP contribution in [0.3, 0.4) is 0 Å². The molecular formula is C15H14BrN3OS. The number of halogens is 1. The second-order valence-corrected chi connectivity index (χ2v) is 6.49. The number of nitrogens with zero attached hydrogens (tertiary/aromatic N) is 1. The van der Waals surface area contributed by atoms with Gasteiger partial charge in [0, 0.05) is 10.2 Å². The minimum absolute atomic E-state index is 0.0710. The molecular weight excluding hydrogens is 350 g/mol. The lowest BCUT2D eigenvalue weighted by molar-refractivity contribution is 0.950. The van der Waals surface area contributed by atoms with Gasteiger partial charge in [0.05, 0.1) is 12.1 Å². The molecule has 3 aromatic rings. The summed E-state index contributed by atoms with van der Waals surface area (Å²) in [4.78, 5) is 19.2. The fourth-order valence-electron chi connectivity index (χ4n) is 2.21. The first-order valence-corrected chi connectivity index (χ1v) is 8.33. The van der Waals surface area contributed by atoms with Crippen molar-refractivity contribution in [3.05, 3.63) is 55.9 Å². The van der Waals surface area contributed by atoms with Gasteiger partial charge in [0.25, 0.3) is 5.56 Å². The topological polar surface area (TPSA) is 57.8 Å². The predicted molar refractivity (Wildman–Crippen MR) is 91.1 cm³/mol. The molecule has 0 fully saturated rings. The molecule has 0 aliphatic heterocycles. The highest BCUT2D eigenvalue weighted by Gasteiger charge is 2.06. The second kappa shape index (κ2) is 5.99. The van der Waals surface area contributed by atoms with Crippen LogP contribution in [0.1, 0.15) is 18.3 Å². The zero-order valence-electron chi connectivity index (χ0n) is 11.4. The molecule has 0 atom stereocenters. The maximum Gasteiger partial charge on any atom is 0.268 e. The Morgan fingerprint density at radius 2 is 2.24 bits per heavy atom. The number of fused-ring (bicyclic) bond motifs is 1. The minimum atomic E-state index is -0.0710. The number of aromatic nitrogens is 2. The summed E-state index contributed by atoms with van der Waals surface area (Å²) in [6.45, 7) is 2.61. The van der Waals surface area contributed by atoms with Gasteiger partial charge in [0.2, 0.25) is 0 Å². The van der Waals surface area contributed by atoms with Crippen LogP contribution in [0.15, 0.2) is 38.9 Å². The van der Waals surface area contributed by atoms with Crippen molar-refractivity contribution in [2.24, 2.45) is 0 Å². The number of thiophene rings is 1. The summed E-state index contributed by atoms with van der Waals surface area (Å²) in [6.07, 6.45) is 0.940. The molecule has 0 unspecified atom stereocenters. The fraction of sp³-hybridized carbons (Fsp3) is 0.200. The Bertz CT molecular complexity index is 840. The maximum atomic E-state index is 11.9. The zero-order chi connectivity index (χ0) is 14.8. The van der Waals surface area contributed by atoms with Crippen LogP contribution in [0.25, 0.3) is 10.2 Å². The lowest BCUT2D eigenvalue weighted by Crippen LogP contribution is -2.13. The van der Waals surface area contributed by atoms with Crippen LogP contribution in [0.2, 0.25) is 0 Å². The van der Waals surface area contributed by atoms with Crippen LogP contribution in [0, 0.1) is 0 Å². The third kappa shape index (κ3) is 3.01. The highest BCUT2D eigenvalue weighted by Crippen LogP contribution is 2.22. The number of rotatable bonds is 4. The lowest BCUT2D eigenvalue weighted by atomic mass is 10.1. The van der Waals surface area contributed by atoms with Gasteiger partial charge in [-0.15, -0.1) is 11.3 Å². The smallest absolute Gasteiger partial charge is 0.268 e. The van der Waals surface area contributed by atoms with Crippen molar-refractivity contribution in [3.63, 3.8) is 0 Å². The monoisotopic (exact) mass is 363 g/mol. The molecule has 0 bridgehead atoms. The Kier molecular flexibility index (Phi) is 4.07. The van der Waals surface area contributed by atoms with Crippen LogP contribution < -0.4 is 10.9 Å². The third-order valence-corrected chi connectivity index (χ3v) is 4.65. The molecule has 0 spiro atoms. The Hall–Kier alpha value is -1.66. The molecule has 2 heterocycles. The second-order valence-electron chi connectivity index (χ2n) is 4.66. The normalized spacial score (nSPS) is 11.0. The molecule has 0 saturated heterocycles. The van der Waals surface area contributed by atoms with Crippen molar-refractivity contribution in [2.45, 2.75) is 19.9 Å². The summed E-state index contributed by atoms with van der Waals surface area (Å²) in [5.74, 6) is 0.649. The summed E-state index contributed by atoms with van der Waals surface area (Å²) in [5, 5.41) is 5.22. The molecule has 0 saturated carbocycles. The van der Waals surface area contributed by atoms with E-state index in [4.69, 9.17) is 0 Å². The lowest BCUT2D eigenvalue weighted by Gasteiger charge is -2.11. The summed E-state index contributed by atoms with van der Waals surface area (Å²) in [6, 6.07) is 8.00.